The van der Waals surface area contributed by atoms with E-state index in [1.54, 1.807) is 4.90 Å². The molecule has 1 aromatic rings. The summed E-state index contributed by atoms with van der Waals surface area (Å²) in [6, 6.07) is 15.8. The van der Waals surface area contributed by atoms with Crippen molar-refractivity contribution in [2.24, 2.45) is 23.2 Å². The number of carbonyl (C=O) groups excluding carboxylic acids is 1. The normalized spacial score (nSPS) is 26.0. The van der Waals surface area contributed by atoms with Gasteiger partial charge in [0.25, 0.3) is 0 Å². The van der Waals surface area contributed by atoms with Crippen LogP contribution in [0.15, 0.2) is 42.0 Å². The average Bonchev–Trinajstić information content (AvgIpc) is 2.69. The first-order chi connectivity index (χ1) is 13.0. The van der Waals surface area contributed by atoms with Crippen molar-refractivity contribution in [2.45, 2.75) is 13.3 Å². The molecule has 1 amide bonds. The Hall–Kier alpha value is -3.43. The van der Waals surface area contributed by atoms with Gasteiger partial charge in [-0.3, -0.25) is 4.79 Å². The number of amides is 1. The molecule has 1 unspecified atom stereocenters. The lowest BCUT2D eigenvalue weighted by Crippen LogP contribution is -2.55. The monoisotopic (exact) mass is 357 g/mol. The second-order valence-corrected chi connectivity index (χ2v) is 7.04. The first-order valence-corrected chi connectivity index (χ1v) is 8.79. The number of rotatable bonds is 2. The van der Waals surface area contributed by atoms with Crippen molar-refractivity contribution in [3.63, 3.8) is 0 Å². The van der Waals surface area contributed by atoms with Gasteiger partial charge in [0.2, 0.25) is 5.91 Å². The number of hydrogen-bond donors (Lipinski definition) is 1. The Bertz CT molecular complexity index is 914. The van der Waals surface area contributed by atoms with Crippen LogP contribution in [0.1, 0.15) is 12.5 Å². The molecule has 1 aliphatic heterocycles. The highest BCUT2D eigenvalue weighted by Crippen LogP contribution is 2.49. The van der Waals surface area contributed by atoms with E-state index in [4.69, 9.17) is 5.41 Å². The van der Waals surface area contributed by atoms with Crippen molar-refractivity contribution < 1.29 is 4.79 Å². The lowest BCUT2D eigenvalue weighted by molar-refractivity contribution is -0.129. The Morgan fingerprint density at radius 2 is 1.93 bits per heavy atom. The largest absolute Gasteiger partial charge is 0.339 e. The van der Waals surface area contributed by atoms with Crippen molar-refractivity contribution in [1.82, 2.24) is 4.90 Å². The Labute approximate surface area is 158 Å². The third-order valence-electron chi connectivity index (χ3n) is 5.71. The number of benzene rings is 1. The Balaban J connectivity index is 2.14. The topological polar surface area (TPSA) is 116 Å². The summed E-state index contributed by atoms with van der Waals surface area (Å²) in [5.41, 5.74) is -0.102. The van der Waals surface area contributed by atoms with Crippen LogP contribution in [0.2, 0.25) is 0 Å². The van der Waals surface area contributed by atoms with Gasteiger partial charge in [0.1, 0.15) is 5.92 Å². The molecule has 1 aliphatic carbocycles. The molecule has 1 N–H and O–H groups in total. The fourth-order valence-corrected chi connectivity index (χ4v) is 4.24. The summed E-state index contributed by atoms with van der Waals surface area (Å²) >= 11 is 0. The minimum absolute atomic E-state index is 0.0857. The Kier molecular flexibility index (Phi) is 4.80. The van der Waals surface area contributed by atoms with Gasteiger partial charge >= 0.3 is 0 Å². The molecule has 0 saturated heterocycles. The second-order valence-electron chi connectivity index (χ2n) is 7.04. The maximum absolute atomic E-state index is 11.9. The van der Waals surface area contributed by atoms with Gasteiger partial charge in [0.15, 0.2) is 5.41 Å². The van der Waals surface area contributed by atoms with E-state index in [1.165, 1.54) is 6.92 Å². The van der Waals surface area contributed by atoms with Gasteiger partial charge in [-0.25, -0.2) is 0 Å². The van der Waals surface area contributed by atoms with Crippen LogP contribution in [-0.2, 0) is 11.2 Å². The smallest absolute Gasteiger partial charge is 0.219 e. The minimum atomic E-state index is -1.68. The highest BCUT2D eigenvalue weighted by atomic mass is 16.2. The number of nitrogens with zero attached hydrogens (tertiary/aromatic N) is 4. The zero-order valence-electron chi connectivity index (χ0n) is 15.0. The lowest BCUT2D eigenvalue weighted by Gasteiger charge is -2.47. The molecule has 0 radical (unpaired) electrons. The highest BCUT2D eigenvalue weighted by Gasteiger charge is 2.57. The molecule has 134 valence electrons. The molecule has 27 heavy (non-hydrogen) atoms. The molecule has 0 bridgehead atoms. The molecular weight excluding hydrogens is 338 g/mol. The van der Waals surface area contributed by atoms with E-state index in [0.717, 1.165) is 11.1 Å². The standard InChI is InChI=1S/C21H19N5O/c1-14(27)26-8-7-16-17(10-22)20(25)21(12-23,13-24)19(18(16)11-26)9-15-5-3-2-4-6-15/h2-7,17-19,25H,8-9,11H2,1H3/t17?,18-,19+/m1/s1. The Morgan fingerprint density at radius 1 is 1.26 bits per heavy atom. The summed E-state index contributed by atoms with van der Waals surface area (Å²) in [6.07, 6.45) is 2.25. The van der Waals surface area contributed by atoms with Gasteiger partial charge in [-0.1, -0.05) is 36.4 Å². The maximum atomic E-state index is 11.9. The number of nitrogens with one attached hydrogen (secondary N) is 1. The summed E-state index contributed by atoms with van der Waals surface area (Å²) in [5, 5.41) is 38.0. The van der Waals surface area contributed by atoms with Crippen molar-refractivity contribution in [3.05, 3.63) is 47.5 Å². The Morgan fingerprint density at radius 3 is 2.48 bits per heavy atom. The molecule has 0 aromatic heterocycles. The van der Waals surface area contributed by atoms with Gasteiger partial charge in [-0.05, 0) is 17.6 Å². The molecule has 6 heteroatoms. The van der Waals surface area contributed by atoms with E-state index < -0.39 is 17.3 Å². The number of hydrogen-bond acceptors (Lipinski definition) is 5. The zero-order chi connectivity index (χ0) is 19.6. The van der Waals surface area contributed by atoms with Crippen LogP contribution in [0.3, 0.4) is 0 Å². The van der Waals surface area contributed by atoms with Gasteiger partial charge in [-0.15, -0.1) is 0 Å². The van der Waals surface area contributed by atoms with Crippen LogP contribution in [0.25, 0.3) is 0 Å². The zero-order valence-corrected chi connectivity index (χ0v) is 15.0. The quantitative estimate of drug-likeness (QED) is 0.818. The van der Waals surface area contributed by atoms with E-state index in [1.807, 2.05) is 36.4 Å². The molecule has 2 aliphatic rings. The molecule has 1 aromatic carbocycles. The van der Waals surface area contributed by atoms with E-state index in [0.29, 0.717) is 19.5 Å². The lowest BCUT2D eigenvalue weighted by atomic mass is 9.54. The van der Waals surface area contributed by atoms with Gasteiger partial charge in [0.05, 0.1) is 23.9 Å². The summed E-state index contributed by atoms with van der Waals surface area (Å²) in [5.74, 6) is -1.78. The van der Waals surface area contributed by atoms with E-state index in [-0.39, 0.29) is 17.5 Å². The van der Waals surface area contributed by atoms with E-state index in [2.05, 4.69) is 18.2 Å². The van der Waals surface area contributed by atoms with Gasteiger partial charge < -0.3 is 10.3 Å². The molecule has 3 atom stereocenters. The fourth-order valence-electron chi connectivity index (χ4n) is 4.24. The highest BCUT2D eigenvalue weighted by molar-refractivity contribution is 6.00. The van der Waals surface area contributed by atoms with Crippen molar-refractivity contribution in [2.75, 3.05) is 13.1 Å². The number of fused-ring (bicyclic) bond motifs is 1. The van der Waals surface area contributed by atoms with Crippen LogP contribution < -0.4 is 0 Å². The number of nitriles is 3. The third kappa shape index (κ3) is 2.88. The van der Waals surface area contributed by atoms with E-state index in [9.17, 15) is 20.6 Å². The molecule has 1 saturated carbocycles. The number of carbonyl (C=O) groups is 1. The third-order valence-corrected chi connectivity index (χ3v) is 5.71. The molecular formula is C21H19N5O. The van der Waals surface area contributed by atoms with Crippen LogP contribution in [-0.4, -0.2) is 29.6 Å². The first-order valence-electron chi connectivity index (χ1n) is 8.79. The molecule has 0 spiro atoms. The summed E-state index contributed by atoms with van der Waals surface area (Å²) < 4.78 is 0. The van der Waals surface area contributed by atoms with Crippen molar-refractivity contribution in [1.29, 1.82) is 21.2 Å². The van der Waals surface area contributed by atoms with Crippen molar-refractivity contribution >= 4 is 11.6 Å². The molecule has 6 nitrogen and oxygen atoms in total. The van der Waals surface area contributed by atoms with Gasteiger partial charge in [0, 0.05) is 31.8 Å². The van der Waals surface area contributed by atoms with Crippen molar-refractivity contribution in [3.8, 4) is 18.2 Å². The predicted octanol–water partition coefficient (Wildman–Crippen LogP) is 2.46. The second kappa shape index (κ2) is 7.06. The van der Waals surface area contributed by atoms with Crippen LogP contribution in [0, 0.1) is 62.6 Å². The van der Waals surface area contributed by atoms with Crippen LogP contribution in [0.5, 0.6) is 0 Å². The predicted molar refractivity (Wildman–Crippen MR) is 98.0 cm³/mol. The average molecular weight is 357 g/mol. The molecule has 1 fully saturated rings. The van der Waals surface area contributed by atoms with Gasteiger partial charge in [-0.2, -0.15) is 15.8 Å². The summed E-state index contributed by atoms with van der Waals surface area (Å²) in [6.45, 7) is 2.23. The summed E-state index contributed by atoms with van der Waals surface area (Å²) in [7, 11) is 0. The minimum Gasteiger partial charge on any atom is -0.339 e. The van der Waals surface area contributed by atoms with E-state index >= 15 is 0 Å². The summed E-state index contributed by atoms with van der Waals surface area (Å²) in [4.78, 5) is 13.6. The molecule has 1 heterocycles. The fraction of sp³-hybridized carbons (Fsp3) is 0.381. The first kappa shape index (κ1) is 18.4. The SMILES string of the molecule is CC(=O)N1CC=C2C(C#N)C(=N)C(C#N)(C#N)[C@@H](Cc3ccccc3)[C@@H]2C1. The van der Waals surface area contributed by atoms with Crippen LogP contribution >= 0.6 is 0 Å². The van der Waals surface area contributed by atoms with Crippen LogP contribution in [0.4, 0.5) is 0 Å². The molecule has 3 rings (SSSR count). The maximum Gasteiger partial charge on any atom is 0.219 e.